The molecule has 1 atom stereocenters. The Balaban J connectivity index is 1.78. The van der Waals surface area contributed by atoms with Gasteiger partial charge in [0.05, 0.1) is 18.9 Å². The monoisotopic (exact) mass is 420 g/mol. The van der Waals surface area contributed by atoms with Crippen molar-refractivity contribution in [2.45, 2.75) is 83.7 Å². The highest BCUT2D eigenvalue weighted by Crippen LogP contribution is 2.45. The molecule has 30 heavy (non-hydrogen) atoms. The highest BCUT2D eigenvalue weighted by Gasteiger charge is 2.38. The topological polar surface area (TPSA) is 60.3 Å². The number of aromatic nitrogens is 2. The summed E-state index contributed by atoms with van der Waals surface area (Å²) in [5.41, 5.74) is 3.07. The first kappa shape index (κ1) is 23.7. The molecule has 1 aliphatic heterocycles. The highest BCUT2D eigenvalue weighted by atomic mass is 16.5. The molecule has 1 unspecified atom stereocenters. The molecule has 0 saturated heterocycles. The SMILES string of the molecule is CCOCC1(COCC)CCC(c2c(CC(CNC)NC)nc3n2CCCC3)CC1. The summed E-state index contributed by atoms with van der Waals surface area (Å²) in [5, 5.41) is 6.80. The Morgan fingerprint density at radius 1 is 1.10 bits per heavy atom. The van der Waals surface area contributed by atoms with Crippen LogP contribution in [0.2, 0.25) is 0 Å². The zero-order chi connectivity index (χ0) is 21.4. The first-order valence-electron chi connectivity index (χ1n) is 12.2. The fourth-order valence-corrected chi connectivity index (χ4v) is 5.40. The Labute approximate surface area is 183 Å². The van der Waals surface area contributed by atoms with Crippen LogP contribution < -0.4 is 10.6 Å². The van der Waals surface area contributed by atoms with E-state index in [9.17, 15) is 0 Å². The van der Waals surface area contributed by atoms with Crippen LogP contribution in [0, 0.1) is 5.41 Å². The molecule has 172 valence electrons. The number of nitrogens with one attached hydrogen (secondary N) is 2. The summed E-state index contributed by atoms with van der Waals surface area (Å²) in [7, 11) is 4.09. The minimum absolute atomic E-state index is 0.188. The number of fused-ring (bicyclic) bond motifs is 1. The summed E-state index contributed by atoms with van der Waals surface area (Å²) < 4.78 is 14.4. The molecule has 1 saturated carbocycles. The van der Waals surface area contributed by atoms with Crippen LogP contribution in [-0.2, 0) is 28.9 Å². The molecule has 0 radical (unpaired) electrons. The van der Waals surface area contributed by atoms with Crippen LogP contribution in [-0.4, -0.2) is 62.7 Å². The summed E-state index contributed by atoms with van der Waals surface area (Å²) in [4.78, 5) is 5.18. The standard InChI is InChI=1S/C24H44N4O2/c1-5-29-17-24(18-30-6-2)12-10-19(11-13-24)23-21(15-20(26-4)16-25-3)27-22-9-7-8-14-28(22)23/h19-20,25-26H,5-18H2,1-4H3. The van der Waals surface area contributed by atoms with E-state index in [4.69, 9.17) is 14.5 Å². The number of hydrogen-bond donors (Lipinski definition) is 2. The van der Waals surface area contributed by atoms with Gasteiger partial charge in [-0.15, -0.1) is 0 Å². The van der Waals surface area contributed by atoms with Crippen LogP contribution in [0.5, 0.6) is 0 Å². The lowest BCUT2D eigenvalue weighted by Gasteiger charge is -2.40. The molecule has 0 amide bonds. The highest BCUT2D eigenvalue weighted by molar-refractivity contribution is 5.25. The second-order valence-corrected chi connectivity index (χ2v) is 9.26. The second kappa shape index (κ2) is 11.6. The van der Waals surface area contributed by atoms with Gasteiger partial charge in [-0.25, -0.2) is 4.98 Å². The molecule has 0 aromatic carbocycles. The molecule has 0 spiro atoms. The number of nitrogens with zero attached hydrogens (tertiary/aromatic N) is 2. The normalized spacial score (nSPS) is 20.3. The van der Waals surface area contributed by atoms with E-state index in [1.165, 1.54) is 50.0 Å². The Kier molecular flexibility index (Phi) is 9.17. The van der Waals surface area contributed by atoms with E-state index in [1.54, 1.807) is 5.69 Å². The molecule has 1 fully saturated rings. The quantitative estimate of drug-likeness (QED) is 0.543. The summed E-state index contributed by atoms with van der Waals surface area (Å²) >= 11 is 0. The van der Waals surface area contributed by atoms with E-state index in [0.29, 0.717) is 12.0 Å². The summed E-state index contributed by atoms with van der Waals surface area (Å²) in [6.45, 7) is 9.53. The van der Waals surface area contributed by atoms with E-state index < -0.39 is 0 Å². The summed E-state index contributed by atoms with van der Waals surface area (Å²) in [6, 6.07) is 0.421. The largest absolute Gasteiger partial charge is 0.381 e. The number of likely N-dealkylation sites (N-methyl/N-ethyl adjacent to an activating group) is 2. The van der Waals surface area contributed by atoms with Gasteiger partial charge < -0.3 is 24.7 Å². The van der Waals surface area contributed by atoms with Crippen LogP contribution in [0.25, 0.3) is 0 Å². The van der Waals surface area contributed by atoms with Crippen LogP contribution in [0.3, 0.4) is 0 Å². The van der Waals surface area contributed by atoms with Gasteiger partial charge in [0, 0.05) is 62.2 Å². The molecule has 0 bridgehead atoms. The number of aryl methyl sites for hydroxylation is 1. The van der Waals surface area contributed by atoms with Crippen LogP contribution in [0.15, 0.2) is 0 Å². The van der Waals surface area contributed by atoms with Gasteiger partial charge in [-0.3, -0.25) is 0 Å². The van der Waals surface area contributed by atoms with Gasteiger partial charge in [0.2, 0.25) is 0 Å². The van der Waals surface area contributed by atoms with E-state index in [-0.39, 0.29) is 5.41 Å². The molecule has 2 N–H and O–H groups in total. The Morgan fingerprint density at radius 3 is 2.40 bits per heavy atom. The van der Waals surface area contributed by atoms with Gasteiger partial charge in [-0.2, -0.15) is 0 Å². The third-order valence-corrected chi connectivity index (χ3v) is 7.15. The van der Waals surface area contributed by atoms with Crippen molar-refractivity contribution in [3.05, 3.63) is 17.2 Å². The van der Waals surface area contributed by atoms with Crippen molar-refractivity contribution in [3.63, 3.8) is 0 Å². The number of rotatable bonds is 12. The zero-order valence-electron chi connectivity index (χ0n) is 19.8. The molecule has 2 aliphatic rings. The number of imidazole rings is 1. The average Bonchev–Trinajstić information content (AvgIpc) is 3.14. The minimum atomic E-state index is 0.188. The van der Waals surface area contributed by atoms with Gasteiger partial charge in [-0.1, -0.05) is 0 Å². The average molecular weight is 421 g/mol. The molecular weight excluding hydrogens is 376 g/mol. The molecule has 1 aromatic rings. The Bertz CT molecular complexity index is 627. The van der Waals surface area contributed by atoms with Gasteiger partial charge >= 0.3 is 0 Å². The minimum Gasteiger partial charge on any atom is -0.381 e. The number of ether oxygens (including phenoxy) is 2. The van der Waals surface area contributed by atoms with E-state index in [1.807, 2.05) is 7.05 Å². The fraction of sp³-hybridized carbons (Fsp3) is 0.875. The van der Waals surface area contributed by atoms with Crippen molar-refractivity contribution < 1.29 is 9.47 Å². The van der Waals surface area contributed by atoms with Crippen molar-refractivity contribution in [3.8, 4) is 0 Å². The third kappa shape index (κ3) is 5.64. The van der Waals surface area contributed by atoms with E-state index in [0.717, 1.165) is 52.4 Å². The molecule has 1 aromatic heterocycles. The summed E-state index contributed by atoms with van der Waals surface area (Å²) in [5.74, 6) is 1.94. The maximum absolute atomic E-state index is 5.89. The lowest BCUT2D eigenvalue weighted by Crippen LogP contribution is -2.38. The maximum atomic E-state index is 5.89. The smallest absolute Gasteiger partial charge is 0.109 e. The van der Waals surface area contributed by atoms with E-state index >= 15 is 0 Å². The predicted molar refractivity (Wildman–Crippen MR) is 122 cm³/mol. The fourth-order valence-electron chi connectivity index (χ4n) is 5.40. The summed E-state index contributed by atoms with van der Waals surface area (Å²) in [6.07, 6.45) is 9.50. The van der Waals surface area contributed by atoms with Crippen molar-refractivity contribution in [1.29, 1.82) is 0 Å². The third-order valence-electron chi connectivity index (χ3n) is 7.15. The maximum Gasteiger partial charge on any atom is 0.109 e. The van der Waals surface area contributed by atoms with Crippen molar-refractivity contribution >= 4 is 0 Å². The van der Waals surface area contributed by atoms with Gasteiger partial charge in [0.15, 0.2) is 0 Å². The molecular formula is C24H44N4O2. The molecule has 2 heterocycles. The first-order chi connectivity index (χ1) is 14.7. The van der Waals surface area contributed by atoms with Gasteiger partial charge in [-0.05, 0) is 66.5 Å². The van der Waals surface area contributed by atoms with Crippen molar-refractivity contribution in [2.75, 3.05) is 47.1 Å². The van der Waals surface area contributed by atoms with Crippen LogP contribution in [0.1, 0.15) is 75.5 Å². The van der Waals surface area contributed by atoms with Gasteiger partial charge in [0.25, 0.3) is 0 Å². The van der Waals surface area contributed by atoms with Gasteiger partial charge in [0.1, 0.15) is 5.82 Å². The van der Waals surface area contributed by atoms with Crippen LogP contribution >= 0.6 is 0 Å². The first-order valence-corrected chi connectivity index (χ1v) is 12.2. The van der Waals surface area contributed by atoms with E-state index in [2.05, 4.69) is 36.1 Å². The molecule has 3 rings (SSSR count). The lowest BCUT2D eigenvalue weighted by molar-refractivity contribution is -0.0398. The predicted octanol–water partition coefficient (Wildman–Crippen LogP) is 3.29. The van der Waals surface area contributed by atoms with Crippen molar-refractivity contribution in [1.82, 2.24) is 20.2 Å². The second-order valence-electron chi connectivity index (χ2n) is 9.26. The van der Waals surface area contributed by atoms with Crippen molar-refractivity contribution in [2.24, 2.45) is 5.41 Å². The molecule has 1 aliphatic carbocycles. The zero-order valence-corrected chi connectivity index (χ0v) is 19.8. The Hall–Kier alpha value is -0.950. The Morgan fingerprint density at radius 2 is 1.80 bits per heavy atom. The van der Waals surface area contributed by atoms with Crippen LogP contribution in [0.4, 0.5) is 0 Å². The number of hydrogen-bond acceptors (Lipinski definition) is 5. The lowest BCUT2D eigenvalue weighted by atomic mass is 9.70. The molecule has 6 nitrogen and oxygen atoms in total. The molecule has 6 heteroatoms.